The van der Waals surface area contributed by atoms with Gasteiger partial charge in [-0.2, -0.15) is 0 Å². The SMILES string of the molecule is C[n+]1ccc(Nc2ccc(C(=O)Nc3ccc([N+](=O)[O-])cc3)cc2)cc1.[Cl-]. The number of carbonyl (C=O) groups excluding carboxylic acids is 1. The van der Waals surface area contributed by atoms with Crippen molar-refractivity contribution < 1.29 is 26.7 Å². The number of rotatable bonds is 5. The number of amides is 1. The van der Waals surface area contributed by atoms with Crippen LogP contribution in [0.2, 0.25) is 0 Å². The predicted molar refractivity (Wildman–Crippen MR) is 98.4 cm³/mol. The first kappa shape index (κ1) is 19.9. The third-order valence-corrected chi connectivity index (χ3v) is 3.75. The Morgan fingerprint density at radius 2 is 1.41 bits per heavy atom. The lowest BCUT2D eigenvalue weighted by Crippen LogP contribution is -3.00. The zero-order valence-electron chi connectivity index (χ0n) is 14.4. The number of carbonyl (C=O) groups is 1. The highest BCUT2D eigenvalue weighted by molar-refractivity contribution is 6.04. The molecule has 0 bridgehead atoms. The number of aryl methyl sites for hydroxylation is 1. The summed E-state index contributed by atoms with van der Waals surface area (Å²) >= 11 is 0. The van der Waals surface area contributed by atoms with Gasteiger partial charge in [-0.15, -0.1) is 0 Å². The number of anilines is 3. The summed E-state index contributed by atoms with van der Waals surface area (Å²) in [5.74, 6) is -0.280. The number of aromatic nitrogens is 1. The third-order valence-electron chi connectivity index (χ3n) is 3.75. The number of pyridine rings is 1. The molecule has 0 aliphatic rings. The number of hydrogen-bond donors (Lipinski definition) is 2. The fourth-order valence-corrected chi connectivity index (χ4v) is 2.33. The van der Waals surface area contributed by atoms with Gasteiger partial charge in [0, 0.05) is 41.2 Å². The molecule has 138 valence electrons. The highest BCUT2D eigenvalue weighted by Crippen LogP contribution is 2.18. The van der Waals surface area contributed by atoms with Gasteiger partial charge in [0.05, 0.1) is 10.6 Å². The Kier molecular flexibility index (Phi) is 6.46. The minimum absolute atomic E-state index is 0. The number of nitrogens with zero attached hydrogens (tertiary/aromatic N) is 2. The number of benzene rings is 2. The number of nitrogens with one attached hydrogen (secondary N) is 2. The smallest absolute Gasteiger partial charge is 0.269 e. The molecule has 2 aromatic carbocycles. The van der Waals surface area contributed by atoms with Crippen LogP contribution in [0.4, 0.5) is 22.7 Å². The van der Waals surface area contributed by atoms with Crippen LogP contribution in [-0.2, 0) is 7.05 Å². The van der Waals surface area contributed by atoms with Gasteiger partial charge >= 0.3 is 0 Å². The van der Waals surface area contributed by atoms with E-state index in [0.717, 1.165) is 11.4 Å². The van der Waals surface area contributed by atoms with E-state index >= 15 is 0 Å². The zero-order valence-corrected chi connectivity index (χ0v) is 15.2. The van der Waals surface area contributed by atoms with Crippen molar-refractivity contribution in [3.8, 4) is 0 Å². The van der Waals surface area contributed by atoms with Gasteiger partial charge in [0.25, 0.3) is 11.6 Å². The molecule has 0 aliphatic carbocycles. The van der Waals surface area contributed by atoms with Crippen molar-refractivity contribution in [2.45, 2.75) is 0 Å². The molecule has 0 atom stereocenters. The van der Waals surface area contributed by atoms with Crippen LogP contribution in [0.1, 0.15) is 10.4 Å². The maximum absolute atomic E-state index is 12.3. The second-order valence-electron chi connectivity index (χ2n) is 5.71. The summed E-state index contributed by atoms with van der Waals surface area (Å²) in [5.41, 5.74) is 2.79. The minimum atomic E-state index is -0.482. The van der Waals surface area contributed by atoms with E-state index in [0.29, 0.717) is 11.3 Å². The van der Waals surface area contributed by atoms with Crippen LogP contribution in [0.15, 0.2) is 73.1 Å². The molecule has 0 unspecified atom stereocenters. The summed E-state index contributed by atoms with van der Waals surface area (Å²) in [4.78, 5) is 22.4. The first-order valence-corrected chi connectivity index (χ1v) is 7.89. The van der Waals surface area contributed by atoms with Crippen molar-refractivity contribution in [2.24, 2.45) is 7.05 Å². The lowest BCUT2D eigenvalue weighted by molar-refractivity contribution is -0.671. The third kappa shape index (κ3) is 5.26. The quantitative estimate of drug-likeness (QED) is 0.379. The van der Waals surface area contributed by atoms with Crippen molar-refractivity contribution >= 4 is 28.7 Å². The van der Waals surface area contributed by atoms with Crippen molar-refractivity contribution in [1.29, 1.82) is 0 Å². The fraction of sp³-hybridized carbons (Fsp3) is 0.0526. The summed E-state index contributed by atoms with van der Waals surface area (Å²) in [6, 6.07) is 16.7. The topological polar surface area (TPSA) is 88.2 Å². The number of halogens is 1. The summed E-state index contributed by atoms with van der Waals surface area (Å²) in [5, 5.41) is 16.6. The summed E-state index contributed by atoms with van der Waals surface area (Å²) in [7, 11) is 1.95. The van der Waals surface area contributed by atoms with Crippen LogP contribution < -0.4 is 27.6 Å². The fourth-order valence-electron chi connectivity index (χ4n) is 2.33. The predicted octanol–water partition coefficient (Wildman–Crippen LogP) is 0.419. The summed E-state index contributed by atoms with van der Waals surface area (Å²) in [6.07, 6.45) is 3.88. The van der Waals surface area contributed by atoms with E-state index in [4.69, 9.17) is 0 Å². The van der Waals surface area contributed by atoms with E-state index in [1.54, 1.807) is 12.1 Å². The molecule has 7 nitrogen and oxygen atoms in total. The molecule has 1 heterocycles. The summed E-state index contributed by atoms with van der Waals surface area (Å²) < 4.78 is 1.94. The molecule has 27 heavy (non-hydrogen) atoms. The number of nitro benzene ring substituents is 1. The Morgan fingerprint density at radius 1 is 0.889 bits per heavy atom. The van der Waals surface area contributed by atoms with Gasteiger partial charge in [0.15, 0.2) is 12.4 Å². The van der Waals surface area contributed by atoms with E-state index in [2.05, 4.69) is 10.6 Å². The maximum Gasteiger partial charge on any atom is 0.269 e. The lowest BCUT2D eigenvalue weighted by atomic mass is 10.2. The van der Waals surface area contributed by atoms with Crippen LogP contribution in [0.25, 0.3) is 0 Å². The molecule has 0 spiro atoms. The molecule has 0 fully saturated rings. The highest BCUT2D eigenvalue weighted by Gasteiger charge is 2.08. The van der Waals surface area contributed by atoms with Crippen molar-refractivity contribution in [1.82, 2.24) is 0 Å². The minimum Gasteiger partial charge on any atom is -1.00 e. The van der Waals surface area contributed by atoms with Gasteiger partial charge in [-0.1, -0.05) is 0 Å². The average Bonchev–Trinajstić information content (AvgIpc) is 2.64. The van der Waals surface area contributed by atoms with Gasteiger partial charge in [-0.05, 0) is 36.4 Å². The van der Waals surface area contributed by atoms with Gasteiger partial charge in [0.2, 0.25) is 0 Å². The molecule has 3 rings (SSSR count). The van der Waals surface area contributed by atoms with Gasteiger partial charge in [-0.25, -0.2) is 4.57 Å². The molecule has 0 saturated carbocycles. The number of non-ortho nitro benzene ring substituents is 1. The van der Waals surface area contributed by atoms with E-state index in [9.17, 15) is 14.9 Å². The largest absolute Gasteiger partial charge is 1.00 e. The van der Waals surface area contributed by atoms with E-state index < -0.39 is 4.92 Å². The Balaban J connectivity index is 0.00000261. The van der Waals surface area contributed by atoms with Crippen LogP contribution in [0, 0.1) is 10.1 Å². The molecular weight excluding hydrogens is 368 g/mol. The molecule has 0 saturated heterocycles. The van der Waals surface area contributed by atoms with E-state index in [1.807, 2.05) is 48.3 Å². The number of hydrogen-bond acceptors (Lipinski definition) is 4. The Labute approximate surface area is 162 Å². The standard InChI is InChI=1S/C19H16N4O3.ClH/c1-22-12-10-17(11-13-22)20-15-4-2-14(3-5-15)19(24)21-16-6-8-18(9-7-16)23(25)26;/h2-13H,1H3,(H,21,24);1H. The first-order valence-electron chi connectivity index (χ1n) is 7.89. The molecule has 0 radical (unpaired) electrons. The van der Waals surface area contributed by atoms with Crippen LogP contribution in [0.5, 0.6) is 0 Å². The van der Waals surface area contributed by atoms with Gasteiger partial charge < -0.3 is 23.0 Å². The average molecular weight is 385 g/mol. The molecular formula is C19H17ClN4O3. The first-order chi connectivity index (χ1) is 12.5. The molecule has 0 aliphatic heterocycles. The zero-order chi connectivity index (χ0) is 18.5. The molecule has 2 N–H and O–H groups in total. The second-order valence-corrected chi connectivity index (χ2v) is 5.71. The van der Waals surface area contributed by atoms with Crippen molar-refractivity contribution in [2.75, 3.05) is 10.6 Å². The van der Waals surface area contributed by atoms with E-state index in [1.165, 1.54) is 24.3 Å². The van der Waals surface area contributed by atoms with Crippen LogP contribution in [-0.4, -0.2) is 10.8 Å². The van der Waals surface area contributed by atoms with Crippen LogP contribution in [0.3, 0.4) is 0 Å². The Morgan fingerprint density at radius 3 is 1.96 bits per heavy atom. The molecule has 3 aromatic rings. The lowest BCUT2D eigenvalue weighted by Gasteiger charge is -2.08. The second kappa shape index (κ2) is 8.77. The Bertz CT molecular complexity index is 927. The highest BCUT2D eigenvalue weighted by atomic mass is 35.5. The summed E-state index contributed by atoms with van der Waals surface area (Å²) in [6.45, 7) is 0. The van der Waals surface area contributed by atoms with Crippen molar-refractivity contribution in [3.05, 3.63) is 88.7 Å². The van der Waals surface area contributed by atoms with Gasteiger partial charge in [0.1, 0.15) is 7.05 Å². The van der Waals surface area contributed by atoms with E-state index in [-0.39, 0.29) is 24.0 Å². The molecule has 1 amide bonds. The van der Waals surface area contributed by atoms with Crippen molar-refractivity contribution in [3.63, 3.8) is 0 Å². The number of nitro groups is 1. The Hall–Kier alpha value is -3.45. The van der Waals surface area contributed by atoms with Gasteiger partial charge in [-0.3, -0.25) is 14.9 Å². The monoisotopic (exact) mass is 384 g/mol. The maximum atomic E-state index is 12.3. The van der Waals surface area contributed by atoms with Crippen LogP contribution >= 0.6 is 0 Å². The molecule has 1 aromatic heterocycles. The normalized spacial score (nSPS) is 9.81. The molecule has 8 heteroatoms.